The number of aliphatic hydroxyl groups is 1. The number of fused-ring (bicyclic) bond motifs is 1. The predicted octanol–water partition coefficient (Wildman–Crippen LogP) is 4.10. The number of aryl methyl sites for hydroxylation is 1. The second-order valence-corrected chi connectivity index (χ2v) is 8.55. The molecule has 2 aromatic rings. The Morgan fingerprint density at radius 3 is 2.64 bits per heavy atom. The highest BCUT2D eigenvalue weighted by atomic mass is 32.1. The molecule has 1 unspecified atom stereocenters. The summed E-state index contributed by atoms with van der Waals surface area (Å²) in [5.74, 6) is 1.84. The van der Waals surface area contributed by atoms with Gasteiger partial charge >= 0.3 is 5.63 Å². The maximum absolute atomic E-state index is 12.5. The molecule has 5 heteroatoms. The van der Waals surface area contributed by atoms with Crippen LogP contribution in [0.25, 0.3) is 0 Å². The minimum Gasteiger partial charge on any atom is -0.507 e. The molecule has 0 amide bonds. The smallest absolute Gasteiger partial charge is 0.343 e. The molecule has 4 nitrogen and oxygen atoms in total. The van der Waals surface area contributed by atoms with E-state index in [2.05, 4.69) is 0 Å². The Balaban J connectivity index is 1.76. The van der Waals surface area contributed by atoms with Gasteiger partial charge in [-0.15, -0.1) is 11.3 Å². The Labute approximate surface area is 151 Å². The molecule has 2 aliphatic carbocycles. The largest absolute Gasteiger partial charge is 0.507 e. The van der Waals surface area contributed by atoms with Gasteiger partial charge in [-0.1, -0.05) is 12.8 Å². The van der Waals surface area contributed by atoms with E-state index in [4.69, 9.17) is 4.42 Å². The van der Waals surface area contributed by atoms with E-state index in [9.17, 15) is 15.0 Å². The second kappa shape index (κ2) is 6.96. The van der Waals surface area contributed by atoms with Crippen LogP contribution >= 0.6 is 11.3 Å². The molecule has 2 aromatic heterocycles. The summed E-state index contributed by atoms with van der Waals surface area (Å²) in [6, 6.07) is 3.77. The van der Waals surface area contributed by atoms with Crippen molar-refractivity contribution in [2.24, 2.45) is 5.92 Å². The van der Waals surface area contributed by atoms with Crippen LogP contribution in [0, 0.1) is 5.92 Å². The summed E-state index contributed by atoms with van der Waals surface area (Å²) in [5.41, 5.74) is 0.873. The van der Waals surface area contributed by atoms with Crippen molar-refractivity contribution in [3.05, 3.63) is 49.2 Å². The molecule has 2 aliphatic rings. The van der Waals surface area contributed by atoms with E-state index in [0.29, 0.717) is 29.6 Å². The van der Waals surface area contributed by atoms with Crippen molar-refractivity contribution in [1.82, 2.24) is 0 Å². The average Bonchev–Trinajstić information content (AvgIpc) is 3.31. The van der Waals surface area contributed by atoms with E-state index in [1.807, 2.05) is 12.1 Å². The number of aromatic hydroxyl groups is 1. The lowest BCUT2D eigenvalue weighted by molar-refractivity contribution is 0.285. The number of aliphatic hydroxyl groups excluding tert-OH is 1. The molecule has 0 saturated heterocycles. The van der Waals surface area contributed by atoms with Crippen molar-refractivity contribution in [2.45, 2.75) is 63.9 Å². The number of hydrogen-bond acceptors (Lipinski definition) is 5. The fourth-order valence-corrected chi connectivity index (χ4v) is 4.95. The summed E-state index contributed by atoms with van der Waals surface area (Å²) in [7, 11) is 0. The third-order valence-electron chi connectivity index (χ3n) is 5.51. The van der Waals surface area contributed by atoms with Crippen LogP contribution in [0.2, 0.25) is 0 Å². The highest BCUT2D eigenvalue weighted by Crippen LogP contribution is 2.50. The molecule has 0 radical (unpaired) electrons. The minimum atomic E-state index is -0.412. The Bertz CT molecular complexity index is 816. The van der Waals surface area contributed by atoms with Gasteiger partial charge in [0.1, 0.15) is 11.5 Å². The Hall–Kier alpha value is -1.59. The van der Waals surface area contributed by atoms with E-state index in [-0.39, 0.29) is 12.4 Å². The van der Waals surface area contributed by atoms with Crippen LogP contribution in [0.3, 0.4) is 0 Å². The summed E-state index contributed by atoms with van der Waals surface area (Å²) in [4.78, 5) is 14.3. The molecule has 4 rings (SSSR count). The van der Waals surface area contributed by atoms with E-state index < -0.39 is 5.63 Å². The molecule has 0 bridgehead atoms. The molecule has 1 atom stereocenters. The van der Waals surface area contributed by atoms with Gasteiger partial charge in [0.05, 0.1) is 12.2 Å². The number of hydrogen-bond donors (Lipinski definition) is 2. The van der Waals surface area contributed by atoms with Gasteiger partial charge < -0.3 is 14.6 Å². The lowest BCUT2D eigenvalue weighted by atomic mass is 9.83. The van der Waals surface area contributed by atoms with Crippen LogP contribution in [-0.4, -0.2) is 10.2 Å². The normalized spacial score (nSPS) is 20.8. The van der Waals surface area contributed by atoms with Crippen LogP contribution in [0.5, 0.6) is 5.75 Å². The maximum atomic E-state index is 12.5. The van der Waals surface area contributed by atoms with Gasteiger partial charge in [0.25, 0.3) is 0 Å². The fourth-order valence-electron chi connectivity index (χ4n) is 4.06. The van der Waals surface area contributed by atoms with Crippen LogP contribution in [0.4, 0.5) is 0 Å². The van der Waals surface area contributed by atoms with Crippen LogP contribution in [0.15, 0.2) is 21.3 Å². The maximum Gasteiger partial charge on any atom is 0.343 e. The van der Waals surface area contributed by atoms with Crippen molar-refractivity contribution in [1.29, 1.82) is 0 Å². The molecule has 1 saturated carbocycles. The first-order valence-corrected chi connectivity index (χ1v) is 10.0. The van der Waals surface area contributed by atoms with E-state index in [1.165, 1.54) is 30.6 Å². The second-order valence-electron chi connectivity index (χ2n) is 7.30. The summed E-state index contributed by atoms with van der Waals surface area (Å²) < 4.78 is 5.70. The summed E-state index contributed by atoms with van der Waals surface area (Å²) in [6.45, 7) is -0.000796. The van der Waals surface area contributed by atoms with Gasteiger partial charge in [-0.25, -0.2) is 4.79 Å². The Morgan fingerprint density at radius 1 is 1.12 bits per heavy atom. The quantitative estimate of drug-likeness (QED) is 0.861. The highest BCUT2D eigenvalue weighted by molar-refractivity contribution is 7.12. The van der Waals surface area contributed by atoms with Gasteiger partial charge in [-0.05, 0) is 49.7 Å². The molecule has 134 valence electrons. The monoisotopic (exact) mass is 360 g/mol. The standard InChI is InChI=1S/C20H24O4S/c21-11-14-9-8-13(25-14)10-16-19(22)18-15(12-6-7-12)4-2-1-3-5-17(18)24-20(16)23/h8-9,12,15,21-22H,1-7,10-11H2. The Kier molecular flexibility index (Phi) is 4.69. The lowest BCUT2D eigenvalue weighted by Crippen LogP contribution is -2.17. The van der Waals surface area contributed by atoms with Crippen LogP contribution in [-0.2, 0) is 19.4 Å². The molecule has 0 spiro atoms. The van der Waals surface area contributed by atoms with Gasteiger partial charge in [0.2, 0.25) is 0 Å². The molecule has 2 N–H and O–H groups in total. The summed E-state index contributed by atoms with van der Waals surface area (Å²) in [5, 5.41) is 20.2. The zero-order valence-corrected chi connectivity index (χ0v) is 15.1. The van der Waals surface area contributed by atoms with Crippen molar-refractivity contribution in [3.8, 4) is 5.75 Å². The van der Waals surface area contributed by atoms with E-state index >= 15 is 0 Å². The molecule has 0 aromatic carbocycles. The van der Waals surface area contributed by atoms with Gasteiger partial charge in [0.15, 0.2) is 0 Å². The SMILES string of the molecule is O=c1oc2c(c(O)c1Cc1ccc(CO)s1)C(C1CC1)CCCCC2. The zero-order chi connectivity index (χ0) is 17.4. The topological polar surface area (TPSA) is 70.7 Å². The molecule has 2 heterocycles. The predicted molar refractivity (Wildman–Crippen MR) is 97.3 cm³/mol. The van der Waals surface area contributed by atoms with Crippen molar-refractivity contribution >= 4 is 11.3 Å². The molecule has 0 aliphatic heterocycles. The number of thiophene rings is 1. The third kappa shape index (κ3) is 3.40. The summed E-state index contributed by atoms with van der Waals surface area (Å²) in [6.07, 6.45) is 7.96. The van der Waals surface area contributed by atoms with Crippen molar-refractivity contribution < 1.29 is 14.6 Å². The number of rotatable bonds is 4. The zero-order valence-electron chi connectivity index (χ0n) is 14.3. The van der Waals surface area contributed by atoms with Crippen molar-refractivity contribution in [3.63, 3.8) is 0 Å². The average molecular weight is 360 g/mol. The molecule has 1 fully saturated rings. The first kappa shape index (κ1) is 16.9. The first-order chi connectivity index (χ1) is 12.2. The van der Waals surface area contributed by atoms with Crippen LogP contribution < -0.4 is 5.63 Å². The van der Waals surface area contributed by atoms with Crippen LogP contribution in [0.1, 0.15) is 71.1 Å². The van der Waals surface area contributed by atoms with Gasteiger partial charge in [-0.3, -0.25) is 0 Å². The first-order valence-electron chi connectivity index (χ1n) is 9.23. The van der Waals surface area contributed by atoms with E-state index in [0.717, 1.165) is 41.0 Å². The fraction of sp³-hybridized carbons (Fsp3) is 0.550. The van der Waals surface area contributed by atoms with Gasteiger partial charge in [0, 0.05) is 28.2 Å². The minimum absolute atomic E-state index is 0.000796. The molecular formula is C20H24O4S. The highest BCUT2D eigenvalue weighted by Gasteiger charge is 2.37. The molecular weight excluding hydrogens is 336 g/mol. The summed E-state index contributed by atoms with van der Waals surface area (Å²) >= 11 is 1.47. The third-order valence-corrected chi connectivity index (χ3v) is 6.58. The van der Waals surface area contributed by atoms with E-state index in [1.54, 1.807) is 0 Å². The van der Waals surface area contributed by atoms with Crippen molar-refractivity contribution in [2.75, 3.05) is 0 Å². The molecule has 25 heavy (non-hydrogen) atoms. The lowest BCUT2D eigenvalue weighted by Gasteiger charge is -2.23. The van der Waals surface area contributed by atoms with Gasteiger partial charge in [-0.2, -0.15) is 0 Å². The Morgan fingerprint density at radius 2 is 1.92 bits per heavy atom.